The summed E-state index contributed by atoms with van der Waals surface area (Å²) in [5, 5.41) is 30.3. The molecule has 0 bridgehead atoms. The molecule has 3 heterocycles. The summed E-state index contributed by atoms with van der Waals surface area (Å²) in [4.78, 5) is 11.6. The van der Waals surface area contributed by atoms with E-state index in [0.717, 1.165) is 5.56 Å². The van der Waals surface area contributed by atoms with Crippen molar-refractivity contribution in [2.24, 2.45) is 0 Å². The number of phenolic OH excluding ortho intramolecular Hbond substituents is 1. The predicted octanol–water partition coefficient (Wildman–Crippen LogP) is 3.37. The second-order valence-electron chi connectivity index (χ2n) is 6.26. The van der Waals surface area contributed by atoms with Gasteiger partial charge in [0.15, 0.2) is 5.65 Å². The minimum atomic E-state index is -0.301. The molecule has 0 saturated heterocycles. The van der Waals surface area contributed by atoms with Gasteiger partial charge in [0.2, 0.25) is 5.88 Å². The SMILES string of the molecule is Cc1nc2c3c([nH]1)c(Cl)cnc(O)c3c(=N)n2-c1c(C)ccc(O)c1C. The zero-order valence-electron chi connectivity index (χ0n) is 14.3. The Balaban J connectivity index is 2.36. The van der Waals surface area contributed by atoms with E-state index in [4.69, 9.17) is 17.0 Å². The van der Waals surface area contributed by atoms with Gasteiger partial charge in [0.05, 0.1) is 33.2 Å². The quantitative estimate of drug-likeness (QED) is 0.412. The first kappa shape index (κ1) is 16.4. The van der Waals surface area contributed by atoms with Gasteiger partial charge in [0, 0.05) is 5.56 Å². The number of aryl methyl sites for hydroxylation is 2. The van der Waals surface area contributed by atoms with Crippen LogP contribution in [0.1, 0.15) is 17.0 Å². The van der Waals surface area contributed by atoms with E-state index in [1.165, 1.54) is 6.20 Å². The average molecular weight is 370 g/mol. The molecular formula is C18H16ClN5O2. The number of hydrogen-bond donors (Lipinski definition) is 4. The fourth-order valence-corrected chi connectivity index (χ4v) is 3.55. The summed E-state index contributed by atoms with van der Waals surface area (Å²) < 4.78 is 1.61. The number of H-pyrrole nitrogens is 1. The van der Waals surface area contributed by atoms with E-state index in [2.05, 4.69) is 15.0 Å². The maximum atomic E-state index is 10.4. The Bertz CT molecular complexity index is 1270. The molecule has 0 radical (unpaired) electrons. The fourth-order valence-electron chi connectivity index (χ4n) is 3.36. The molecule has 0 fully saturated rings. The molecule has 0 atom stereocenters. The third kappa shape index (κ3) is 2.10. The Morgan fingerprint density at radius 3 is 2.62 bits per heavy atom. The van der Waals surface area contributed by atoms with E-state index in [1.807, 2.05) is 6.92 Å². The highest BCUT2D eigenvalue weighted by Gasteiger charge is 2.22. The van der Waals surface area contributed by atoms with E-state index in [-0.39, 0.29) is 22.5 Å². The fraction of sp³-hybridized carbons (Fsp3) is 0.167. The lowest BCUT2D eigenvalue weighted by atomic mass is 10.1. The summed E-state index contributed by atoms with van der Waals surface area (Å²) in [7, 11) is 0. The molecule has 4 rings (SSSR count). The van der Waals surface area contributed by atoms with Crippen molar-refractivity contribution < 1.29 is 10.2 Å². The van der Waals surface area contributed by atoms with Gasteiger partial charge in [-0.1, -0.05) is 17.7 Å². The van der Waals surface area contributed by atoms with Gasteiger partial charge in [-0.15, -0.1) is 0 Å². The van der Waals surface area contributed by atoms with Crippen molar-refractivity contribution in [3.8, 4) is 17.3 Å². The van der Waals surface area contributed by atoms with Gasteiger partial charge in [0.25, 0.3) is 0 Å². The molecule has 8 heteroatoms. The highest BCUT2D eigenvalue weighted by molar-refractivity contribution is 6.36. The van der Waals surface area contributed by atoms with Crippen LogP contribution < -0.4 is 5.49 Å². The Labute approximate surface area is 153 Å². The van der Waals surface area contributed by atoms with E-state index in [0.29, 0.717) is 38.6 Å². The Hall–Kier alpha value is -3.06. The zero-order valence-corrected chi connectivity index (χ0v) is 15.1. The number of nitrogens with one attached hydrogen (secondary N) is 2. The molecule has 0 spiro atoms. The number of nitrogens with zero attached hydrogens (tertiary/aromatic N) is 3. The lowest BCUT2D eigenvalue weighted by molar-refractivity contribution is 0.460. The van der Waals surface area contributed by atoms with Gasteiger partial charge in [-0.05, 0) is 32.4 Å². The highest BCUT2D eigenvalue weighted by atomic mass is 35.5. The van der Waals surface area contributed by atoms with E-state index >= 15 is 0 Å². The Kier molecular flexibility index (Phi) is 3.45. The maximum absolute atomic E-state index is 10.4. The van der Waals surface area contributed by atoms with Crippen molar-refractivity contribution in [1.82, 2.24) is 19.5 Å². The molecule has 3 aromatic heterocycles. The van der Waals surface area contributed by atoms with Gasteiger partial charge in [0.1, 0.15) is 17.1 Å². The number of aromatic amines is 1. The van der Waals surface area contributed by atoms with Crippen LogP contribution in [0.25, 0.3) is 27.6 Å². The molecule has 4 N–H and O–H groups in total. The lowest BCUT2D eigenvalue weighted by Gasteiger charge is -2.13. The number of hydrogen-bond acceptors (Lipinski definition) is 5. The number of aromatic nitrogens is 4. The number of halogens is 1. The van der Waals surface area contributed by atoms with Gasteiger partial charge < -0.3 is 15.2 Å². The smallest absolute Gasteiger partial charge is 0.222 e. The third-order valence-corrected chi connectivity index (χ3v) is 4.85. The maximum Gasteiger partial charge on any atom is 0.222 e. The Morgan fingerprint density at radius 2 is 1.88 bits per heavy atom. The van der Waals surface area contributed by atoms with E-state index in [1.54, 1.807) is 30.5 Å². The summed E-state index contributed by atoms with van der Waals surface area (Å²) in [6, 6.07) is 3.39. The minimum Gasteiger partial charge on any atom is -0.508 e. The molecule has 132 valence electrons. The molecule has 26 heavy (non-hydrogen) atoms. The normalized spacial score (nSPS) is 11.5. The zero-order chi connectivity index (χ0) is 18.7. The average Bonchev–Trinajstić information content (AvgIpc) is 2.80. The van der Waals surface area contributed by atoms with Gasteiger partial charge in [-0.25, -0.2) is 9.97 Å². The second kappa shape index (κ2) is 5.47. The third-order valence-electron chi connectivity index (χ3n) is 4.57. The summed E-state index contributed by atoms with van der Waals surface area (Å²) in [6.07, 6.45) is 1.34. The molecule has 0 saturated carbocycles. The first-order valence-electron chi connectivity index (χ1n) is 7.94. The van der Waals surface area contributed by atoms with Crippen LogP contribution in [-0.2, 0) is 0 Å². The number of benzene rings is 1. The van der Waals surface area contributed by atoms with Crippen molar-refractivity contribution in [1.29, 1.82) is 5.41 Å². The minimum absolute atomic E-state index is 0.0190. The van der Waals surface area contributed by atoms with Gasteiger partial charge in [-0.3, -0.25) is 9.98 Å². The number of rotatable bonds is 1. The van der Waals surface area contributed by atoms with Crippen LogP contribution >= 0.6 is 11.6 Å². The summed E-state index contributed by atoms with van der Waals surface area (Å²) in [6.45, 7) is 5.45. The van der Waals surface area contributed by atoms with Gasteiger partial charge >= 0.3 is 0 Å². The number of phenols is 1. The van der Waals surface area contributed by atoms with Crippen molar-refractivity contribution >= 4 is 33.5 Å². The van der Waals surface area contributed by atoms with Crippen LogP contribution in [0.5, 0.6) is 11.6 Å². The Morgan fingerprint density at radius 1 is 1.15 bits per heavy atom. The van der Waals surface area contributed by atoms with Crippen LogP contribution in [0.3, 0.4) is 0 Å². The molecular weight excluding hydrogens is 354 g/mol. The van der Waals surface area contributed by atoms with Crippen LogP contribution in [0.4, 0.5) is 0 Å². The van der Waals surface area contributed by atoms with Crippen molar-refractivity contribution in [2.75, 3.05) is 0 Å². The highest BCUT2D eigenvalue weighted by Crippen LogP contribution is 2.34. The molecule has 0 aliphatic rings. The first-order valence-corrected chi connectivity index (χ1v) is 8.31. The summed E-state index contributed by atoms with van der Waals surface area (Å²) in [5.41, 5.74) is 3.14. The molecule has 0 aliphatic heterocycles. The summed E-state index contributed by atoms with van der Waals surface area (Å²) in [5.74, 6) is 0.419. The molecule has 0 aliphatic carbocycles. The van der Waals surface area contributed by atoms with Crippen molar-refractivity contribution in [3.63, 3.8) is 0 Å². The lowest BCUT2D eigenvalue weighted by Crippen LogP contribution is -2.16. The van der Waals surface area contributed by atoms with Crippen LogP contribution in [0.2, 0.25) is 5.02 Å². The van der Waals surface area contributed by atoms with E-state index < -0.39 is 0 Å². The monoisotopic (exact) mass is 369 g/mol. The van der Waals surface area contributed by atoms with Crippen LogP contribution in [-0.4, -0.2) is 29.7 Å². The first-order chi connectivity index (χ1) is 12.3. The van der Waals surface area contributed by atoms with Gasteiger partial charge in [-0.2, -0.15) is 0 Å². The standard InChI is InChI=1S/C18H16ClN5O2/c1-7-4-5-11(25)8(2)15(7)24-16(20)13-12-14(10(19)6-21-18(13)26)22-9(3)23-17(12)24/h4-6,20,25-26H,1-3H3,(H,22,23). The molecule has 4 aromatic rings. The van der Waals surface area contributed by atoms with Crippen LogP contribution in [0.15, 0.2) is 18.3 Å². The van der Waals surface area contributed by atoms with E-state index in [9.17, 15) is 10.2 Å². The van der Waals surface area contributed by atoms with Crippen molar-refractivity contribution in [2.45, 2.75) is 20.8 Å². The molecule has 7 nitrogen and oxygen atoms in total. The molecule has 0 unspecified atom stereocenters. The summed E-state index contributed by atoms with van der Waals surface area (Å²) >= 11 is 6.32. The topological polar surface area (TPSA) is 111 Å². The second-order valence-corrected chi connectivity index (χ2v) is 6.67. The predicted molar refractivity (Wildman–Crippen MR) is 99.1 cm³/mol. The molecule has 1 aromatic carbocycles. The molecule has 0 amide bonds. The van der Waals surface area contributed by atoms with Crippen molar-refractivity contribution in [3.05, 3.63) is 45.8 Å². The number of aromatic hydroxyl groups is 2. The van der Waals surface area contributed by atoms with Crippen LogP contribution in [0, 0.1) is 26.2 Å². The largest absolute Gasteiger partial charge is 0.508 e.